The van der Waals surface area contributed by atoms with E-state index in [9.17, 15) is 4.79 Å². The largest absolute Gasteiger partial charge is 0.290 e. The Morgan fingerprint density at radius 2 is 1.88 bits per heavy atom. The zero-order valence-electron chi connectivity index (χ0n) is 10.8. The minimum atomic E-state index is 0.0710. The highest BCUT2D eigenvalue weighted by Crippen LogP contribution is 2.25. The lowest BCUT2D eigenvalue weighted by molar-refractivity contribution is -0.111. The molecule has 0 amide bonds. The molecule has 0 N–H and O–H groups in total. The third-order valence-electron chi connectivity index (χ3n) is 3.04. The van der Waals surface area contributed by atoms with Gasteiger partial charge in [0.05, 0.1) is 0 Å². The number of carbonyl (C=O) groups is 1. The average molecular weight is 218 g/mol. The molecule has 1 aliphatic carbocycles. The van der Waals surface area contributed by atoms with E-state index >= 15 is 0 Å². The van der Waals surface area contributed by atoms with Crippen molar-refractivity contribution in [3.05, 3.63) is 35.5 Å². The summed E-state index contributed by atoms with van der Waals surface area (Å²) in [5.41, 5.74) is 2.35. The second-order valence-electron chi connectivity index (χ2n) is 5.37. The van der Waals surface area contributed by atoms with E-state index in [-0.39, 0.29) is 11.2 Å². The summed E-state index contributed by atoms with van der Waals surface area (Å²) in [6.45, 7) is 8.40. The maximum Gasteiger partial charge on any atom is 0.180 e. The predicted molar refractivity (Wildman–Crippen MR) is 69.3 cm³/mol. The molecule has 0 aromatic heterocycles. The number of rotatable bonds is 0. The topological polar surface area (TPSA) is 17.1 Å². The number of ketones is 1. The Bertz CT molecular complexity index is 354. The Hall–Kier alpha value is -1.11. The van der Waals surface area contributed by atoms with Crippen LogP contribution in [0.2, 0.25) is 0 Å². The highest BCUT2D eigenvalue weighted by Gasteiger charge is 2.13. The van der Waals surface area contributed by atoms with Crippen LogP contribution in [-0.4, -0.2) is 5.78 Å². The van der Waals surface area contributed by atoms with Gasteiger partial charge >= 0.3 is 0 Å². The Labute approximate surface area is 98.9 Å². The van der Waals surface area contributed by atoms with E-state index in [2.05, 4.69) is 26.8 Å². The highest BCUT2D eigenvalue weighted by molar-refractivity contribution is 6.03. The van der Waals surface area contributed by atoms with Crippen molar-refractivity contribution in [3.8, 4) is 0 Å². The van der Waals surface area contributed by atoms with E-state index in [1.807, 2.05) is 19.1 Å². The van der Waals surface area contributed by atoms with Crippen molar-refractivity contribution in [1.82, 2.24) is 0 Å². The van der Waals surface area contributed by atoms with Crippen molar-refractivity contribution >= 4 is 5.78 Å². The van der Waals surface area contributed by atoms with Crippen LogP contribution in [0.25, 0.3) is 0 Å². The molecule has 0 atom stereocenters. The second kappa shape index (κ2) is 5.29. The van der Waals surface area contributed by atoms with Gasteiger partial charge in [-0.15, -0.1) is 0 Å². The van der Waals surface area contributed by atoms with Gasteiger partial charge in [0.1, 0.15) is 0 Å². The number of allylic oxidation sites excluding steroid dienone is 6. The molecule has 0 bridgehead atoms. The number of hydrogen-bond acceptors (Lipinski definition) is 1. The molecule has 88 valence electrons. The van der Waals surface area contributed by atoms with E-state index < -0.39 is 0 Å². The van der Waals surface area contributed by atoms with Crippen molar-refractivity contribution in [2.45, 2.75) is 47.0 Å². The van der Waals surface area contributed by atoms with E-state index in [0.717, 1.165) is 24.8 Å². The van der Waals surface area contributed by atoms with Crippen LogP contribution in [-0.2, 0) is 4.79 Å². The fraction of sp³-hybridized carbons (Fsp3) is 0.533. The summed E-state index contributed by atoms with van der Waals surface area (Å²) in [6, 6.07) is 0. The summed E-state index contributed by atoms with van der Waals surface area (Å²) in [5.74, 6) is 0.146. The minimum Gasteiger partial charge on any atom is -0.290 e. The van der Waals surface area contributed by atoms with Gasteiger partial charge in [0.2, 0.25) is 0 Å². The first-order chi connectivity index (χ1) is 7.41. The molecule has 0 saturated heterocycles. The molecule has 1 heteroatoms. The molecule has 16 heavy (non-hydrogen) atoms. The van der Waals surface area contributed by atoms with Crippen molar-refractivity contribution in [3.63, 3.8) is 0 Å². The lowest BCUT2D eigenvalue weighted by atomic mass is 9.87. The average Bonchev–Trinajstić information content (AvgIpc) is 2.23. The minimum absolute atomic E-state index is 0.0710. The Morgan fingerprint density at radius 1 is 1.19 bits per heavy atom. The summed E-state index contributed by atoms with van der Waals surface area (Å²) < 4.78 is 0. The van der Waals surface area contributed by atoms with Crippen LogP contribution >= 0.6 is 0 Å². The van der Waals surface area contributed by atoms with Crippen LogP contribution < -0.4 is 0 Å². The van der Waals surface area contributed by atoms with Crippen LogP contribution in [0.4, 0.5) is 0 Å². The van der Waals surface area contributed by atoms with Gasteiger partial charge < -0.3 is 0 Å². The molecule has 0 heterocycles. The van der Waals surface area contributed by atoms with Crippen LogP contribution in [0.15, 0.2) is 35.5 Å². The molecule has 1 nitrogen and oxygen atoms in total. The summed E-state index contributed by atoms with van der Waals surface area (Å²) in [5, 5.41) is 0. The maximum absolute atomic E-state index is 11.7. The van der Waals surface area contributed by atoms with Gasteiger partial charge in [0, 0.05) is 0 Å². The van der Waals surface area contributed by atoms with Gasteiger partial charge in [0.15, 0.2) is 5.78 Å². The van der Waals surface area contributed by atoms with Crippen LogP contribution in [0.5, 0.6) is 0 Å². The Kier molecular flexibility index (Phi) is 4.28. The van der Waals surface area contributed by atoms with Gasteiger partial charge in [-0.25, -0.2) is 0 Å². The summed E-state index contributed by atoms with van der Waals surface area (Å²) in [7, 11) is 0. The molecule has 0 unspecified atom stereocenters. The fourth-order valence-electron chi connectivity index (χ4n) is 1.66. The van der Waals surface area contributed by atoms with Crippen molar-refractivity contribution in [1.29, 1.82) is 0 Å². The van der Waals surface area contributed by atoms with Gasteiger partial charge in [-0.05, 0) is 50.2 Å². The monoisotopic (exact) mass is 218 g/mol. The quantitative estimate of drug-likeness (QED) is 0.556. The number of hydrogen-bond donors (Lipinski definition) is 0. The van der Waals surface area contributed by atoms with Gasteiger partial charge in [-0.2, -0.15) is 0 Å². The smallest absolute Gasteiger partial charge is 0.180 e. The molecule has 0 saturated carbocycles. The third-order valence-corrected chi connectivity index (χ3v) is 3.04. The predicted octanol–water partition coefficient (Wildman–Crippen LogP) is 4.21. The van der Waals surface area contributed by atoms with Crippen LogP contribution in [0.1, 0.15) is 47.0 Å². The fourth-order valence-corrected chi connectivity index (χ4v) is 1.66. The molecule has 0 spiro atoms. The third kappa shape index (κ3) is 4.18. The maximum atomic E-state index is 11.7. The molecule has 0 fully saturated rings. The Morgan fingerprint density at radius 3 is 2.56 bits per heavy atom. The zero-order chi connectivity index (χ0) is 12.2. The van der Waals surface area contributed by atoms with Crippen LogP contribution in [0, 0.1) is 5.41 Å². The Balaban J connectivity index is 2.95. The molecule has 0 aromatic rings. The molecule has 1 aliphatic rings. The van der Waals surface area contributed by atoms with E-state index in [1.165, 1.54) is 5.57 Å². The van der Waals surface area contributed by atoms with E-state index in [1.54, 1.807) is 6.08 Å². The van der Waals surface area contributed by atoms with E-state index in [4.69, 9.17) is 0 Å². The van der Waals surface area contributed by atoms with Gasteiger partial charge in [-0.3, -0.25) is 4.79 Å². The summed E-state index contributed by atoms with van der Waals surface area (Å²) >= 11 is 0. The molecular formula is C15H22O. The molecule has 0 radical (unpaired) electrons. The molecule has 0 aliphatic heterocycles. The first-order valence-electron chi connectivity index (χ1n) is 5.97. The normalized spacial score (nSPS) is 30.6. The van der Waals surface area contributed by atoms with Crippen LogP contribution in [0.3, 0.4) is 0 Å². The van der Waals surface area contributed by atoms with Crippen molar-refractivity contribution in [2.75, 3.05) is 0 Å². The van der Waals surface area contributed by atoms with Crippen molar-refractivity contribution in [2.24, 2.45) is 5.41 Å². The summed E-state index contributed by atoms with van der Waals surface area (Å²) in [4.78, 5) is 11.7. The second-order valence-corrected chi connectivity index (χ2v) is 5.37. The van der Waals surface area contributed by atoms with Gasteiger partial charge in [-0.1, -0.05) is 37.6 Å². The lowest BCUT2D eigenvalue weighted by Crippen LogP contribution is -2.07. The van der Waals surface area contributed by atoms with E-state index in [0.29, 0.717) is 0 Å². The zero-order valence-corrected chi connectivity index (χ0v) is 10.8. The standard InChI is InChI=1S/C15H22O/c1-12-6-5-7-13(2)14(16)9-11-15(3,4)10-8-12/h7-9,11H,5-6,10H2,1-4H3/b11-9-,12-8-,13-7-. The molecule has 1 rings (SSSR count). The van der Waals surface area contributed by atoms with Gasteiger partial charge in [0.25, 0.3) is 0 Å². The SMILES string of the molecule is C/C1=C/CC(C)(C)/C=C\C(=O)/C(C)=C\CC1. The first-order valence-corrected chi connectivity index (χ1v) is 5.97. The summed E-state index contributed by atoms with van der Waals surface area (Å²) in [6.07, 6.45) is 11.1. The lowest BCUT2D eigenvalue weighted by Gasteiger charge is -2.18. The first kappa shape index (κ1) is 13.0. The number of carbonyl (C=O) groups excluding carboxylic acids is 1. The van der Waals surface area contributed by atoms with Crippen molar-refractivity contribution < 1.29 is 4.79 Å². The molecular weight excluding hydrogens is 196 g/mol. The highest BCUT2D eigenvalue weighted by atomic mass is 16.1. The molecule has 0 aromatic carbocycles.